The van der Waals surface area contributed by atoms with Gasteiger partial charge in [0.2, 0.25) is 0 Å². The first-order valence-corrected chi connectivity index (χ1v) is 3.63. The molecule has 0 aliphatic heterocycles. The van der Waals surface area contributed by atoms with Gasteiger partial charge in [-0.25, -0.2) is 0 Å². The zero-order valence-electron chi connectivity index (χ0n) is 5.26. The van der Waals surface area contributed by atoms with Gasteiger partial charge in [-0.15, -0.1) is 11.6 Å². The van der Waals surface area contributed by atoms with Crippen LogP contribution in [0.25, 0.3) is 0 Å². The summed E-state index contributed by atoms with van der Waals surface area (Å²) in [6.45, 7) is 1.04. The second-order valence-corrected chi connectivity index (χ2v) is 2.34. The molecule has 0 radical (unpaired) electrons. The lowest BCUT2D eigenvalue weighted by atomic mass is 10.5. The van der Waals surface area contributed by atoms with Gasteiger partial charge in [0.25, 0.3) is 0 Å². The van der Waals surface area contributed by atoms with Crippen LogP contribution in [0.2, 0.25) is 0 Å². The lowest BCUT2D eigenvalue weighted by Gasteiger charge is -1.97. The van der Waals surface area contributed by atoms with Gasteiger partial charge in [0.15, 0.2) is 0 Å². The van der Waals surface area contributed by atoms with Crippen LogP contribution in [0.1, 0.15) is 6.42 Å². The summed E-state index contributed by atoms with van der Waals surface area (Å²) in [5, 5.41) is 0. The molecular formula is C7H10ClN. The minimum Gasteiger partial charge on any atom is -0.354 e. The van der Waals surface area contributed by atoms with Crippen molar-refractivity contribution in [2.75, 3.05) is 5.88 Å². The third kappa shape index (κ3) is 2.10. The number of hydrogen-bond acceptors (Lipinski definition) is 0. The predicted molar refractivity (Wildman–Crippen MR) is 39.8 cm³/mol. The molecule has 0 saturated carbocycles. The first-order valence-electron chi connectivity index (χ1n) is 3.10. The Labute approximate surface area is 60.2 Å². The van der Waals surface area contributed by atoms with Gasteiger partial charge in [-0.05, 0) is 18.6 Å². The van der Waals surface area contributed by atoms with Crippen molar-refractivity contribution in [2.45, 2.75) is 13.0 Å². The topological polar surface area (TPSA) is 4.93 Å². The molecule has 0 unspecified atom stereocenters. The number of hydrogen-bond donors (Lipinski definition) is 0. The van der Waals surface area contributed by atoms with Crippen molar-refractivity contribution in [2.24, 2.45) is 0 Å². The Morgan fingerprint density at radius 3 is 2.44 bits per heavy atom. The Bertz CT molecular complexity index is 146. The van der Waals surface area contributed by atoms with Gasteiger partial charge in [0, 0.05) is 24.8 Å². The van der Waals surface area contributed by atoms with Crippen LogP contribution < -0.4 is 0 Å². The van der Waals surface area contributed by atoms with Crippen LogP contribution in [-0.2, 0) is 6.54 Å². The van der Waals surface area contributed by atoms with E-state index in [1.54, 1.807) is 0 Å². The zero-order valence-corrected chi connectivity index (χ0v) is 6.01. The molecule has 0 aliphatic carbocycles. The Morgan fingerprint density at radius 1 is 1.22 bits per heavy atom. The van der Waals surface area contributed by atoms with Gasteiger partial charge in [-0.3, -0.25) is 0 Å². The van der Waals surface area contributed by atoms with Crippen molar-refractivity contribution in [1.82, 2.24) is 4.57 Å². The van der Waals surface area contributed by atoms with Gasteiger partial charge in [0.05, 0.1) is 0 Å². The molecule has 0 aromatic carbocycles. The standard InChI is InChI=1S/C7H10ClN/c8-4-3-7-9-5-1-2-6-9/h1-2,5-6H,3-4,7H2. The molecule has 9 heavy (non-hydrogen) atoms. The van der Waals surface area contributed by atoms with Gasteiger partial charge in [0.1, 0.15) is 0 Å². The predicted octanol–water partition coefficient (Wildman–Crippen LogP) is 2.12. The van der Waals surface area contributed by atoms with Gasteiger partial charge in [-0.1, -0.05) is 0 Å². The fraction of sp³-hybridized carbons (Fsp3) is 0.429. The number of aromatic nitrogens is 1. The third-order valence-corrected chi connectivity index (χ3v) is 1.48. The van der Waals surface area contributed by atoms with E-state index in [1.165, 1.54) is 0 Å². The second-order valence-electron chi connectivity index (χ2n) is 1.96. The molecule has 2 heteroatoms. The minimum absolute atomic E-state index is 0.748. The molecule has 0 saturated heterocycles. The van der Waals surface area contributed by atoms with Crippen LogP contribution in [0.3, 0.4) is 0 Å². The maximum Gasteiger partial charge on any atom is 0.0240 e. The van der Waals surface area contributed by atoms with Crippen molar-refractivity contribution in [3.05, 3.63) is 24.5 Å². The molecule has 1 aromatic rings. The van der Waals surface area contributed by atoms with Crippen LogP contribution in [0, 0.1) is 0 Å². The summed E-state index contributed by atoms with van der Waals surface area (Å²) in [4.78, 5) is 0. The highest BCUT2D eigenvalue weighted by molar-refractivity contribution is 6.17. The van der Waals surface area contributed by atoms with Crippen molar-refractivity contribution in [3.8, 4) is 0 Å². The molecular weight excluding hydrogens is 134 g/mol. The molecule has 1 rings (SSSR count). The Morgan fingerprint density at radius 2 is 1.89 bits per heavy atom. The number of nitrogens with zero attached hydrogens (tertiary/aromatic N) is 1. The van der Waals surface area contributed by atoms with E-state index in [-0.39, 0.29) is 0 Å². The van der Waals surface area contributed by atoms with Crippen LogP contribution in [0.5, 0.6) is 0 Å². The molecule has 1 aromatic heterocycles. The lowest BCUT2D eigenvalue weighted by molar-refractivity contribution is 0.687. The van der Waals surface area contributed by atoms with Crippen LogP contribution in [-0.4, -0.2) is 10.4 Å². The third-order valence-electron chi connectivity index (χ3n) is 1.22. The summed E-state index contributed by atoms with van der Waals surface area (Å²) in [5.41, 5.74) is 0. The van der Waals surface area contributed by atoms with Gasteiger partial charge >= 0.3 is 0 Å². The van der Waals surface area contributed by atoms with Crippen LogP contribution in [0.4, 0.5) is 0 Å². The van der Waals surface area contributed by atoms with Crippen LogP contribution in [0.15, 0.2) is 24.5 Å². The molecule has 0 N–H and O–H groups in total. The number of alkyl halides is 1. The summed E-state index contributed by atoms with van der Waals surface area (Å²) in [6.07, 6.45) is 5.15. The SMILES string of the molecule is ClCCCn1cccc1. The van der Waals surface area contributed by atoms with E-state index in [0.29, 0.717) is 0 Å². The molecule has 1 heterocycles. The van der Waals surface area contributed by atoms with E-state index in [1.807, 2.05) is 24.5 Å². The average molecular weight is 144 g/mol. The van der Waals surface area contributed by atoms with E-state index in [2.05, 4.69) is 4.57 Å². The normalized spacial score (nSPS) is 9.89. The highest BCUT2D eigenvalue weighted by Crippen LogP contribution is 1.93. The Kier molecular flexibility index (Phi) is 2.65. The van der Waals surface area contributed by atoms with E-state index in [0.717, 1.165) is 18.8 Å². The number of halogens is 1. The summed E-state index contributed by atoms with van der Waals surface area (Å²) in [7, 11) is 0. The minimum atomic E-state index is 0.748. The molecule has 1 nitrogen and oxygen atoms in total. The largest absolute Gasteiger partial charge is 0.354 e. The van der Waals surface area contributed by atoms with Crippen molar-refractivity contribution < 1.29 is 0 Å². The smallest absolute Gasteiger partial charge is 0.0240 e. The molecule has 0 fully saturated rings. The average Bonchev–Trinajstić information content (AvgIpc) is 2.34. The van der Waals surface area contributed by atoms with E-state index in [4.69, 9.17) is 11.6 Å². The van der Waals surface area contributed by atoms with Crippen molar-refractivity contribution in [3.63, 3.8) is 0 Å². The van der Waals surface area contributed by atoms with Crippen LogP contribution >= 0.6 is 11.6 Å². The van der Waals surface area contributed by atoms with Crippen molar-refractivity contribution in [1.29, 1.82) is 0 Å². The first kappa shape index (κ1) is 6.69. The molecule has 0 spiro atoms. The first-order chi connectivity index (χ1) is 4.43. The molecule has 0 atom stereocenters. The highest BCUT2D eigenvalue weighted by atomic mass is 35.5. The van der Waals surface area contributed by atoms with E-state index in [9.17, 15) is 0 Å². The summed E-state index contributed by atoms with van der Waals surface area (Å²) >= 11 is 5.51. The highest BCUT2D eigenvalue weighted by Gasteiger charge is 1.85. The molecule has 0 aliphatic rings. The lowest BCUT2D eigenvalue weighted by Crippen LogP contribution is -1.93. The number of rotatable bonds is 3. The Hall–Kier alpha value is -0.430. The zero-order chi connectivity index (χ0) is 6.53. The summed E-state index contributed by atoms with van der Waals surface area (Å²) in [6, 6.07) is 4.04. The van der Waals surface area contributed by atoms with Gasteiger partial charge < -0.3 is 4.57 Å². The fourth-order valence-electron chi connectivity index (χ4n) is 0.762. The molecule has 0 bridgehead atoms. The van der Waals surface area contributed by atoms with E-state index < -0.39 is 0 Å². The second kappa shape index (κ2) is 3.57. The maximum absolute atomic E-state index is 5.51. The van der Waals surface area contributed by atoms with E-state index >= 15 is 0 Å². The van der Waals surface area contributed by atoms with Gasteiger partial charge in [-0.2, -0.15) is 0 Å². The maximum atomic E-state index is 5.51. The molecule has 0 amide bonds. The summed E-state index contributed by atoms with van der Waals surface area (Å²) < 4.78 is 2.13. The fourth-order valence-corrected chi connectivity index (χ4v) is 0.881. The quantitative estimate of drug-likeness (QED) is 0.572. The monoisotopic (exact) mass is 143 g/mol. The van der Waals surface area contributed by atoms with Crippen molar-refractivity contribution >= 4 is 11.6 Å². The summed E-state index contributed by atoms with van der Waals surface area (Å²) in [5.74, 6) is 0.748. The number of aryl methyl sites for hydroxylation is 1. The Balaban J connectivity index is 2.30. The molecule has 50 valence electrons.